The molecule has 0 heterocycles. The molecule has 24 heavy (non-hydrogen) atoms. The average molecular weight is 336 g/mol. The molecule has 3 rings (SSSR count). The third-order valence-electron chi connectivity index (χ3n) is 4.29. The van der Waals surface area contributed by atoms with E-state index < -0.39 is 48.1 Å². The standard InChI is InChI=1S/C18H12F4O2/c1-8-12(6-9-7-13(19)15(21)16(22)14(9)20)18(24)11-5-3-2-4-10(11)17(8)23/h2-5,13H,6-7H2,1H3. The number of hydrogen-bond donors (Lipinski definition) is 0. The molecule has 1 aromatic carbocycles. The Bertz CT molecular complexity index is 862. The van der Waals surface area contributed by atoms with E-state index in [-0.39, 0.29) is 27.8 Å². The number of Topliss-reactive ketones (excluding diaryl/α,β-unsaturated/α-hetero) is 2. The number of allylic oxidation sites excluding steroid dienone is 6. The highest BCUT2D eigenvalue weighted by molar-refractivity contribution is 6.26. The zero-order chi connectivity index (χ0) is 17.6. The first kappa shape index (κ1) is 16.4. The van der Waals surface area contributed by atoms with Crippen LogP contribution in [0, 0.1) is 0 Å². The molecule has 2 aliphatic rings. The maximum atomic E-state index is 13.9. The van der Waals surface area contributed by atoms with E-state index in [2.05, 4.69) is 0 Å². The van der Waals surface area contributed by atoms with Crippen molar-refractivity contribution in [3.05, 3.63) is 69.6 Å². The Kier molecular flexibility index (Phi) is 3.99. The van der Waals surface area contributed by atoms with Gasteiger partial charge in [-0.2, -0.15) is 0 Å². The zero-order valence-electron chi connectivity index (χ0n) is 12.6. The van der Waals surface area contributed by atoms with E-state index in [0.717, 1.165) is 0 Å². The third-order valence-corrected chi connectivity index (χ3v) is 4.29. The summed E-state index contributed by atoms with van der Waals surface area (Å²) < 4.78 is 53.9. The van der Waals surface area contributed by atoms with Gasteiger partial charge in [0, 0.05) is 35.1 Å². The van der Waals surface area contributed by atoms with Gasteiger partial charge in [0.1, 0.15) is 0 Å². The van der Waals surface area contributed by atoms with Gasteiger partial charge in [0.15, 0.2) is 35.2 Å². The summed E-state index contributed by atoms with van der Waals surface area (Å²) in [6.07, 6.45) is -3.41. The molecule has 1 atom stereocenters. The average Bonchev–Trinajstić information content (AvgIpc) is 2.59. The van der Waals surface area contributed by atoms with E-state index in [0.29, 0.717) is 0 Å². The summed E-state index contributed by atoms with van der Waals surface area (Å²) in [4.78, 5) is 24.9. The summed E-state index contributed by atoms with van der Waals surface area (Å²) in [5, 5.41) is 0. The molecule has 0 radical (unpaired) electrons. The van der Waals surface area contributed by atoms with Crippen LogP contribution in [-0.2, 0) is 0 Å². The van der Waals surface area contributed by atoms with Crippen LogP contribution < -0.4 is 0 Å². The van der Waals surface area contributed by atoms with Gasteiger partial charge in [-0.05, 0) is 12.5 Å². The Morgan fingerprint density at radius 1 is 1.00 bits per heavy atom. The minimum Gasteiger partial charge on any atom is -0.289 e. The molecule has 2 nitrogen and oxygen atoms in total. The molecule has 2 aliphatic carbocycles. The number of carbonyl (C=O) groups excluding carboxylic acids is 2. The van der Waals surface area contributed by atoms with Crippen molar-refractivity contribution in [3.63, 3.8) is 0 Å². The predicted molar refractivity (Wildman–Crippen MR) is 79.3 cm³/mol. The molecule has 1 unspecified atom stereocenters. The van der Waals surface area contributed by atoms with Gasteiger partial charge in [-0.1, -0.05) is 24.3 Å². The maximum absolute atomic E-state index is 13.9. The van der Waals surface area contributed by atoms with E-state index in [1.54, 1.807) is 12.1 Å². The van der Waals surface area contributed by atoms with Gasteiger partial charge in [-0.25, -0.2) is 17.6 Å². The molecule has 0 fully saturated rings. The van der Waals surface area contributed by atoms with E-state index in [1.807, 2.05) is 0 Å². The topological polar surface area (TPSA) is 34.1 Å². The molecule has 124 valence electrons. The molecule has 0 aliphatic heterocycles. The fourth-order valence-electron chi connectivity index (χ4n) is 2.92. The van der Waals surface area contributed by atoms with Crippen LogP contribution in [-0.4, -0.2) is 17.7 Å². The van der Waals surface area contributed by atoms with Gasteiger partial charge < -0.3 is 0 Å². The Morgan fingerprint density at radius 2 is 1.58 bits per heavy atom. The number of alkyl halides is 1. The molecule has 6 heteroatoms. The Labute approximate surface area is 135 Å². The molecular formula is C18H12F4O2. The van der Waals surface area contributed by atoms with Crippen LogP contribution in [0.15, 0.2) is 58.5 Å². The number of fused-ring (bicyclic) bond motifs is 1. The van der Waals surface area contributed by atoms with Gasteiger partial charge in [-0.3, -0.25) is 9.59 Å². The predicted octanol–water partition coefficient (Wildman–Crippen LogP) is 4.89. The van der Waals surface area contributed by atoms with Gasteiger partial charge >= 0.3 is 0 Å². The Balaban J connectivity index is 2.04. The highest BCUT2D eigenvalue weighted by Gasteiger charge is 2.34. The van der Waals surface area contributed by atoms with E-state index in [9.17, 15) is 27.2 Å². The minimum atomic E-state index is -2.29. The lowest BCUT2D eigenvalue weighted by molar-refractivity contribution is 0.0972. The van der Waals surface area contributed by atoms with Gasteiger partial charge in [-0.15, -0.1) is 0 Å². The van der Waals surface area contributed by atoms with Crippen LogP contribution >= 0.6 is 0 Å². The molecule has 0 spiro atoms. The SMILES string of the molecule is CC1=C(CC2=C(F)C(F)=C(F)C(F)C2)C(=O)c2ccccc2C1=O. The second kappa shape index (κ2) is 5.85. The monoisotopic (exact) mass is 336 g/mol. The zero-order valence-corrected chi connectivity index (χ0v) is 12.6. The first-order chi connectivity index (χ1) is 11.3. The number of hydrogen-bond acceptors (Lipinski definition) is 2. The summed E-state index contributed by atoms with van der Waals surface area (Å²) in [5.41, 5.74) is 0.119. The lowest BCUT2D eigenvalue weighted by Crippen LogP contribution is -2.22. The summed E-state index contributed by atoms with van der Waals surface area (Å²) in [6.45, 7) is 1.41. The molecule has 0 amide bonds. The highest BCUT2D eigenvalue weighted by atomic mass is 19.2. The van der Waals surface area contributed by atoms with Crippen LogP contribution in [0.4, 0.5) is 17.6 Å². The van der Waals surface area contributed by atoms with Crippen LogP contribution in [0.3, 0.4) is 0 Å². The van der Waals surface area contributed by atoms with Gasteiger partial charge in [0.25, 0.3) is 0 Å². The quantitative estimate of drug-likeness (QED) is 0.721. The summed E-state index contributed by atoms with van der Waals surface area (Å²) in [6, 6.07) is 6.16. The smallest absolute Gasteiger partial charge is 0.193 e. The Morgan fingerprint density at radius 3 is 2.21 bits per heavy atom. The van der Waals surface area contributed by atoms with Crippen molar-refractivity contribution in [1.29, 1.82) is 0 Å². The second-order valence-electron chi connectivity index (χ2n) is 5.74. The number of carbonyl (C=O) groups is 2. The van der Waals surface area contributed by atoms with Crippen molar-refractivity contribution in [2.45, 2.75) is 25.9 Å². The van der Waals surface area contributed by atoms with Crippen LogP contribution in [0.2, 0.25) is 0 Å². The Hall–Kier alpha value is -2.50. The normalized spacial score (nSPS) is 21.6. The third kappa shape index (κ3) is 2.42. The fraction of sp³-hybridized carbons (Fsp3) is 0.222. The van der Waals surface area contributed by atoms with E-state index >= 15 is 0 Å². The first-order valence-electron chi connectivity index (χ1n) is 7.28. The van der Waals surface area contributed by atoms with Crippen molar-refractivity contribution in [1.82, 2.24) is 0 Å². The summed E-state index contributed by atoms with van der Waals surface area (Å²) in [7, 11) is 0. The van der Waals surface area contributed by atoms with Gasteiger partial charge in [0.2, 0.25) is 0 Å². The molecule has 0 aromatic heterocycles. The van der Waals surface area contributed by atoms with Crippen molar-refractivity contribution in [3.8, 4) is 0 Å². The molecule has 0 bridgehead atoms. The van der Waals surface area contributed by atoms with Crippen LogP contribution in [0.1, 0.15) is 40.5 Å². The minimum absolute atomic E-state index is 0.0221. The van der Waals surface area contributed by atoms with E-state index in [1.165, 1.54) is 19.1 Å². The number of rotatable bonds is 2. The highest BCUT2D eigenvalue weighted by Crippen LogP contribution is 2.39. The summed E-state index contributed by atoms with van der Waals surface area (Å²) in [5.74, 6) is -6.04. The fourth-order valence-corrected chi connectivity index (χ4v) is 2.92. The molecular weight excluding hydrogens is 324 g/mol. The maximum Gasteiger partial charge on any atom is 0.193 e. The number of ketones is 2. The number of benzene rings is 1. The van der Waals surface area contributed by atoms with Crippen LogP contribution in [0.25, 0.3) is 0 Å². The van der Waals surface area contributed by atoms with Crippen molar-refractivity contribution < 1.29 is 27.2 Å². The molecule has 0 N–H and O–H groups in total. The number of halogens is 4. The van der Waals surface area contributed by atoms with Crippen molar-refractivity contribution >= 4 is 11.6 Å². The lowest BCUT2D eigenvalue weighted by Gasteiger charge is -2.22. The van der Waals surface area contributed by atoms with E-state index in [4.69, 9.17) is 0 Å². The molecule has 0 saturated carbocycles. The molecule has 1 aromatic rings. The summed E-state index contributed by atoms with van der Waals surface area (Å²) >= 11 is 0. The second-order valence-corrected chi connectivity index (χ2v) is 5.74. The lowest BCUT2D eigenvalue weighted by atomic mass is 9.81. The van der Waals surface area contributed by atoms with Crippen LogP contribution in [0.5, 0.6) is 0 Å². The largest absolute Gasteiger partial charge is 0.289 e. The first-order valence-corrected chi connectivity index (χ1v) is 7.28. The van der Waals surface area contributed by atoms with Gasteiger partial charge in [0.05, 0.1) is 0 Å². The molecule has 0 saturated heterocycles. The van der Waals surface area contributed by atoms with Crippen molar-refractivity contribution in [2.75, 3.05) is 0 Å². The van der Waals surface area contributed by atoms with Crippen molar-refractivity contribution in [2.24, 2.45) is 0 Å².